The van der Waals surface area contributed by atoms with Gasteiger partial charge in [-0.25, -0.2) is 0 Å². The summed E-state index contributed by atoms with van der Waals surface area (Å²) in [7, 11) is 0. The molecule has 5 heteroatoms. The molecule has 1 saturated carbocycles. The van der Waals surface area contributed by atoms with Crippen LogP contribution in [0, 0.1) is 0 Å². The maximum absolute atomic E-state index is 12.3. The molecule has 0 aromatic rings. The van der Waals surface area contributed by atoms with E-state index >= 15 is 0 Å². The molecule has 102 valence electrons. The largest absolute Gasteiger partial charge is 0.401 e. The fraction of sp³-hybridized carbons (Fsp3) is 1.00. The van der Waals surface area contributed by atoms with Crippen LogP contribution in [-0.2, 0) is 0 Å². The van der Waals surface area contributed by atoms with Gasteiger partial charge in [-0.05, 0) is 52.6 Å². The lowest BCUT2D eigenvalue weighted by atomic mass is 10.2. The van der Waals surface area contributed by atoms with E-state index in [1.165, 1.54) is 17.7 Å². The minimum absolute atomic E-state index is 0.0481. The molecule has 0 atom stereocenters. The lowest BCUT2D eigenvalue weighted by Crippen LogP contribution is -2.39. The Kier molecular flexibility index (Phi) is 5.73. The number of hydrogen-bond acceptors (Lipinski definition) is 2. The fourth-order valence-corrected chi connectivity index (χ4v) is 1.78. The smallest absolute Gasteiger partial charge is 0.314 e. The lowest BCUT2D eigenvalue weighted by molar-refractivity contribution is -0.149. The Bertz CT molecular complexity index is 212. The van der Waals surface area contributed by atoms with E-state index in [2.05, 4.69) is 5.32 Å². The first-order valence-corrected chi connectivity index (χ1v) is 6.42. The third kappa shape index (κ3) is 7.60. The van der Waals surface area contributed by atoms with Crippen LogP contribution in [0.25, 0.3) is 0 Å². The van der Waals surface area contributed by atoms with Crippen LogP contribution >= 0.6 is 0 Å². The quantitative estimate of drug-likeness (QED) is 0.668. The van der Waals surface area contributed by atoms with Gasteiger partial charge in [0, 0.05) is 12.1 Å². The van der Waals surface area contributed by atoms with Gasteiger partial charge in [0.15, 0.2) is 0 Å². The van der Waals surface area contributed by atoms with Crippen LogP contribution in [0.1, 0.15) is 39.5 Å². The summed E-state index contributed by atoms with van der Waals surface area (Å²) in [6, 6.07) is 0.638. The first kappa shape index (κ1) is 14.8. The van der Waals surface area contributed by atoms with Gasteiger partial charge in [0.1, 0.15) is 0 Å². The maximum Gasteiger partial charge on any atom is 0.401 e. The molecule has 1 fully saturated rings. The Morgan fingerprint density at radius 2 is 1.88 bits per heavy atom. The number of alkyl halides is 3. The molecule has 17 heavy (non-hydrogen) atoms. The van der Waals surface area contributed by atoms with Crippen molar-refractivity contribution in [1.29, 1.82) is 0 Å². The summed E-state index contributed by atoms with van der Waals surface area (Å²) in [4.78, 5) is 1.50. The zero-order valence-corrected chi connectivity index (χ0v) is 10.7. The van der Waals surface area contributed by atoms with E-state index in [9.17, 15) is 13.2 Å². The van der Waals surface area contributed by atoms with Crippen LogP contribution in [0.2, 0.25) is 0 Å². The highest BCUT2D eigenvalue weighted by Crippen LogP contribution is 2.19. The SMILES string of the molecule is CC(C)N(CCCCNC1CC1)CC(F)(F)F. The van der Waals surface area contributed by atoms with Gasteiger partial charge in [-0.1, -0.05) is 0 Å². The zero-order valence-electron chi connectivity index (χ0n) is 10.7. The predicted octanol–water partition coefficient (Wildman–Crippen LogP) is 2.79. The highest BCUT2D eigenvalue weighted by Gasteiger charge is 2.31. The van der Waals surface area contributed by atoms with E-state index in [1.807, 2.05) is 13.8 Å². The van der Waals surface area contributed by atoms with Crippen LogP contribution in [-0.4, -0.2) is 42.8 Å². The van der Waals surface area contributed by atoms with Crippen LogP contribution in [0.5, 0.6) is 0 Å². The zero-order chi connectivity index (χ0) is 12.9. The maximum atomic E-state index is 12.3. The van der Waals surface area contributed by atoms with E-state index in [4.69, 9.17) is 0 Å². The Hall–Kier alpha value is -0.290. The predicted molar refractivity (Wildman–Crippen MR) is 63.0 cm³/mol. The molecule has 2 nitrogen and oxygen atoms in total. The molecule has 1 aliphatic rings. The third-order valence-electron chi connectivity index (χ3n) is 3.00. The molecule has 0 unspecified atom stereocenters. The molecule has 0 aromatic carbocycles. The Morgan fingerprint density at radius 3 is 2.35 bits per heavy atom. The summed E-state index contributed by atoms with van der Waals surface area (Å²) in [5.41, 5.74) is 0. The number of nitrogens with zero attached hydrogens (tertiary/aromatic N) is 1. The second-order valence-corrected chi connectivity index (χ2v) is 5.11. The van der Waals surface area contributed by atoms with Gasteiger partial charge in [0.05, 0.1) is 6.54 Å². The minimum Gasteiger partial charge on any atom is -0.314 e. The van der Waals surface area contributed by atoms with Crippen molar-refractivity contribution >= 4 is 0 Å². The molecule has 0 heterocycles. The number of rotatable bonds is 8. The van der Waals surface area contributed by atoms with Gasteiger partial charge in [-0.15, -0.1) is 0 Å². The summed E-state index contributed by atoms with van der Waals surface area (Å²) in [6.07, 6.45) is 0.209. The molecule has 1 rings (SSSR count). The molecular formula is C12H23F3N2. The van der Waals surface area contributed by atoms with Crippen molar-refractivity contribution in [3.63, 3.8) is 0 Å². The van der Waals surface area contributed by atoms with Crippen LogP contribution in [0.15, 0.2) is 0 Å². The summed E-state index contributed by atoms with van der Waals surface area (Å²) >= 11 is 0. The highest BCUT2D eigenvalue weighted by atomic mass is 19.4. The van der Waals surface area contributed by atoms with E-state index in [-0.39, 0.29) is 6.04 Å². The van der Waals surface area contributed by atoms with Gasteiger partial charge in [0.25, 0.3) is 0 Å². The first-order valence-electron chi connectivity index (χ1n) is 6.42. The van der Waals surface area contributed by atoms with Crippen LogP contribution in [0.4, 0.5) is 13.2 Å². The Morgan fingerprint density at radius 1 is 1.24 bits per heavy atom. The summed E-state index contributed by atoms with van der Waals surface area (Å²) in [5, 5.41) is 3.37. The van der Waals surface area contributed by atoms with Crippen LogP contribution < -0.4 is 5.32 Å². The molecule has 1 N–H and O–H groups in total. The molecular weight excluding hydrogens is 229 g/mol. The van der Waals surface area contributed by atoms with E-state index in [0.717, 1.165) is 19.4 Å². The van der Waals surface area contributed by atoms with Gasteiger partial charge in [-0.3, -0.25) is 4.90 Å². The molecule has 0 spiro atoms. The van der Waals surface area contributed by atoms with Crippen molar-refractivity contribution in [3.05, 3.63) is 0 Å². The fourth-order valence-electron chi connectivity index (χ4n) is 1.78. The number of nitrogens with one attached hydrogen (secondary N) is 1. The van der Waals surface area contributed by atoms with Gasteiger partial charge in [-0.2, -0.15) is 13.2 Å². The second kappa shape index (κ2) is 6.59. The van der Waals surface area contributed by atoms with Crippen molar-refractivity contribution in [2.75, 3.05) is 19.6 Å². The number of hydrogen-bond donors (Lipinski definition) is 1. The normalized spacial score (nSPS) is 17.1. The number of halogens is 3. The van der Waals surface area contributed by atoms with E-state index in [1.54, 1.807) is 0 Å². The highest BCUT2D eigenvalue weighted by molar-refractivity contribution is 4.80. The topological polar surface area (TPSA) is 15.3 Å². The molecule has 0 radical (unpaired) electrons. The molecule has 0 aromatic heterocycles. The molecule has 0 aliphatic heterocycles. The third-order valence-corrected chi connectivity index (χ3v) is 3.00. The number of unbranched alkanes of at least 4 members (excludes halogenated alkanes) is 1. The average molecular weight is 252 g/mol. The van der Waals surface area contributed by atoms with Crippen molar-refractivity contribution in [1.82, 2.24) is 10.2 Å². The molecule has 0 saturated heterocycles. The van der Waals surface area contributed by atoms with Crippen LogP contribution in [0.3, 0.4) is 0 Å². The van der Waals surface area contributed by atoms with Gasteiger partial charge < -0.3 is 5.32 Å². The van der Waals surface area contributed by atoms with Gasteiger partial charge in [0.2, 0.25) is 0 Å². The standard InChI is InChI=1S/C12H23F3N2/c1-10(2)17(9-12(13,14)15)8-4-3-7-16-11-5-6-11/h10-11,16H,3-9H2,1-2H3. The summed E-state index contributed by atoms with van der Waals surface area (Å²) in [5.74, 6) is 0. The monoisotopic (exact) mass is 252 g/mol. The summed E-state index contributed by atoms with van der Waals surface area (Å²) < 4.78 is 36.9. The average Bonchev–Trinajstić information content (AvgIpc) is 2.97. The Labute approximate surface area is 102 Å². The molecule has 0 bridgehead atoms. The van der Waals surface area contributed by atoms with Crippen molar-refractivity contribution in [3.8, 4) is 0 Å². The molecule has 0 amide bonds. The summed E-state index contributed by atoms with van der Waals surface area (Å²) in [6.45, 7) is 4.30. The van der Waals surface area contributed by atoms with Crippen molar-refractivity contribution in [2.45, 2.75) is 57.8 Å². The first-order chi connectivity index (χ1) is 7.88. The lowest BCUT2D eigenvalue weighted by Gasteiger charge is -2.27. The van der Waals surface area contributed by atoms with Crippen molar-refractivity contribution < 1.29 is 13.2 Å². The van der Waals surface area contributed by atoms with E-state index in [0.29, 0.717) is 12.6 Å². The minimum atomic E-state index is -4.09. The second-order valence-electron chi connectivity index (χ2n) is 5.11. The van der Waals surface area contributed by atoms with Crippen molar-refractivity contribution in [2.24, 2.45) is 0 Å². The molecule has 1 aliphatic carbocycles. The van der Waals surface area contributed by atoms with E-state index < -0.39 is 12.7 Å². The Balaban J connectivity index is 2.10. The van der Waals surface area contributed by atoms with Gasteiger partial charge >= 0.3 is 6.18 Å².